The zero-order valence-corrected chi connectivity index (χ0v) is 13.8. The van der Waals surface area contributed by atoms with E-state index >= 15 is 0 Å². The molecule has 2 fully saturated rings. The summed E-state index contributed by atoms with van der Waals surface area (Å²) in [6.07, 6.45) is 9.83. The van der Waals surface area contributed by atoms with Crippen LogP contribution in [0.25, 0.3) is 0 Å². The first-order valence-corrected chi connectivity index (χ1v) is 8.84. The third-order valence-electron chi connectivity index (χ3n) is 5.53. The van der Waals surface area contributed by atoms with E-state index in [-0.39, 0.29) is 0 Å². The molecule has 2 saturated heterocycles. The van der Waals surface area contributed by atoms with E-state index in [2.05, 4.69) is 27.9 Å². The molecule has 1 N–H and O–H groups in total. The minimum absolute atomic E-state index is 0.324. The Morgan fingerprint density at radius 3 is 2.73 bits per heavy atom. The number of likely N-dealkylation sites (tertiary alicyclic amines) is 2. The smallest absolute Gasteiger partial charge is 0.222 e. The Balaban J connectivity index is 1.43. The van der Waals surface area contributed by atoms with Gasteiger partial charge in [0.15, 0.2) is 0 Å². The molecule has 0 aromatic carbocycles. The number of H-pyrrole nitrogens is 1. The summed E-state index contributed by atoms with van der Waals surface area (Å²) in [6.45, 7) is 3.16. The van der Waals surface area contributed by atoms with Crippen LogP contribution in [0.4, 0.5) is 0 Å². The Morgan fingerprint density at radius 2 is 2.05 bits per heavy atom. The highest BCUT2D eigenvalue weighted by Gasteiger charge is 2.31. The second-order valence-corrected chi connectivity index (χ2v) is 6.96. The van der Waals surface area contributed by atoms with Crippen LogP contribution in [0.3, 0.4) is 0 Å². The minimum Gasteiger partial charge on any atom is -0.365 e. The van der Waals surface area contributed by atoms with Crippen LogP contribution in [0.2, 0.25) is 0 Å². The van der Waals surface area contributed by atoms with Gasteiger partial charge in [-0.05, 0) is 63.7 Å². The predicted molar refractivity (Wildman–Crippen MR) is 88.7 cm³/mol. The lowest BCUT2D eigenvalue weighted by Gasteiger charge is -2.42. The molecule has 0 saturated carbocycles. The van der Waals surface area contributed by atoms with Crippen LogP contribution >= 0.6 is 0 Å². The molecule has 22 heavy (non-hydrogen) atoms. The van der Waals surface area contributed by atoms with Crippen molar-refractivity contribution in [2.24, 2.45) is 5.92 Å². The Hall–Kier alpha value is -1.29. The van der Waals surface area contributed by atoms with E-state index in [1.54, 1.807) is 0 Å². The summed E-state index contributed by atoms with van der Waals surface area (Å²) in [5.41, 5.74) is 1.16. The van der Waals surface area contributed by atoms with Crippen molar-refractivity contribution in [2.75, 3.05) is 26.7 Å². The second-order valence-electron chi connectivity index (χ2n) is 6.96. The molecular formula is C18H29N3O. The number of carbonyl (C=O) groups excluding carboxylic acids is 1. The van der Waals surface area contributed by atoms with Crippen molar-refractivity contribution >= 4 is 5.91 Å². The zero-order valence-electron chi connectivity index (χ0n) is 13.8. The number of rotatable bonds is 4. The van der Waals surface area contributed by atoms with E-state index in [1.807, 2.05) is 12.3 Å². The molecule has 3 heterocycles. The van der Waals surface area contributed by atoms with Gasteiger partial charge in [-0.1, -0.05) is 6.42 Å². The lowest BCUT2D eigenvalue weighted by Crippen LogP contribution is -2.47. The summed E-state index contributed by atoms with van der Waals surface area (Å²) in [7, 11) is 2.28. The van der Waals surface area contributed by atoms with Gasteiger partial charge in [0.05, 0.1) is 0 Å². The fourth-order valence-corrected chi connectivity index (χ4v) is 4.15. The molecule has 1 amide bonds. The van der Waals surface area contributed by atoms with E-state index < -0.39 is 0 Å². The van der Waals surface area contributed by atoms with Crippen LogP contribution in [0.5, 0.6) is 0 Å². The Bertz CT molecular complexity index is 463. The highest BCUT2D eigenvalue weighted by Crippen LogP contribution is 2.29. The lowest BCUT2D eigenvalue weighted by molar-refractivity contribution is -0.132. The maximum absolute atomic E-state index is 12.3. The van der Waals surface area contributed by atoms with Gasteiger partial charge in [0.25, 0.3) is 0 Å². The number of hydrogen-bond donors (Lipinski definition) is 1. The average molecular weight is 303 g/mol. The lowest BCUT2D eigenvalue weighted by atomic mass is 9.84. The van der Waals surface area contributed by atoms with Crippen LogP contribution in [0.1, 0.15) is 44.2 Å². The Labute approximate surface area is 133 Å². The summed E-state index contributed by atoms with van der Waals surface area (Å²) in [5, 5.41) is 0. The highest BCUT2D eigenvalue weighted by molar-refractivity contribution is 5.76. The van der Waals surface area contributed by atoms with E-state index in [1.165, 1.54) is 38.6 Å². The molecule has 1 unspecified atom stereocenters. The number of aromatic nitrogens is 1. The molecule has 2 aliphatic heterocycles. The third kappa shape index (κ3) is 3.72. The third-order valence-corrected chi connectivity index (χ3v) is 5.53. The fourth-order valence-electron chi connectivity index (χ4n) is 4.15. The normalized spacial score (nSPS) is 24.6. The van der Waals surface area contributed by atoms with Gasteiger partial charge in [0.1, 0.15) is 0 Å². The van der Waals surface area contributed by atoms with Crippen molar-refractivity contribution < 1.29 is 4.79 Å². The van der Waals surface area contributed by atoms with Crippen molar-refractivity contribution in [1.29, 1.82) is 0 Å². The van der Waals surface area contributed by atoms with Gasteiger partial charge >= 0.3 is 0 Å². The first-order chi connectivity index (χ1) is 10.7. The van der Waals surface area contributed by atoms with E-state index in [4.69, 9.17) is 0 Å². The van der Waals surface area contributed by atoms with Crippen LogP contribution in [-0.4, -0.2) is 53.4 Å². The first kappa shape index (κ1) is 15.6. The van der Waals surface area contributed by atoms with Crippen LogP contribution in [0, 0.1) is 5.92 Å². The second kappa shape index (κ2) is 7.32. The van der Waals surface area contributed by atoms with Gasteiger partial charge in [-0.15, -0.1) is 0 Å². The monoisotopic (exact) mass is 303 g/mol. The molecule has 1 aromatic heterocycles. The SMILES string of the molecule is CN1CCCCC1C1CCN(C(=O)CCc2ccc[nH]2)CC1. The number of nitrogens with one attached hydrogen (secondary N) is 1. The topological polar surface area (TPSA) is 39.3 Å². The number of piperidine rings is 2. The molecule has 3 rings (SSSR count). The molecule has 2 aliphatic rings. The maximum Gasteiger partial charge on any atom is 0.222 e. The number of aromatic amines is 1. The van der Waals surface area contributed by atoms with Gasteiger partial charge in [0.2, 0.25) is 5.91 Å². The van der Waals surface area contributed by atoms with E-state index in [9.17, 15) is 4.79 Å². The fraction of sp³-hybridized carbons (Fsp3) is 0.722. The molecule has 0 bridgehead atoms. The zero-order chi connectivity index (χ0) is 15.4. The van der Waals surface area contributed by atoms with Crippen molar-refractivity contribution in [3.05, 3.63) is 24.0 Å². The molecular weight excluding hydrogens is 274 g/mol. The molecule has 1 atom stereocenters. The van der Waals surface area contributed by atoms with Gasteiger partial charge in [-0.2, -0.15) is 0 Å². The molecule has 4 heteroatoms. The van der Waals surface area contributed by atoms with E-state index in [0.29, 0.717) is 12.3 Å². The highest BCUT2D eigenvalue weighted by atomic mass is 16.2. The van der Waals surface area contributed by atoms with Crippen molar-refractivity contribution in [3.63, 3.8) is 0 Å². The molecule has 0 aliphatic carbocycles. The van der Waals surface area contributed by atoms with Crippen LogP contribution in [0.15, 0.2) is 18.3 Å². The average Bonchev–Trinajstić information content (AvgIpc) is 3.07. The van der Waals surface area contributed by atoms with Crippen molar-refractivity contribution in [3.8, 4) is 0 Å². The standard InChI is InChI=1S/C18H29N3O/c1-20-12-3-2-6-17(20)15-9-13-21(14-10-15)18(22)8-7-16-5-4-11-19-16/h4-5,11,15,17,19H,2-3,6-10,12-14H2,1H3. The number of amides is 1. The van der Waals surface area contributed by atoms with Crippen molar-refractivity contribution in [2.45, 2.75) is 51.0 Å². The summed E-state index contributed by atoms with van der Waals surface area (Å²) < 4.78 is 0. The Kier molecular flexibility index (Phi) is 5.19. The summed E-state index contributed by atoms with van der Waals surface area (Å²) in [6, 6.07) is 4.80. The molecule has 4 nitrogen and oxygen atoms in total. The minimum atomic E-state index is 0.324. The summed E-state index contributed by atoms with van der Waals surface area (Å²) >= 11 is 0. The van der Waals surface area contributed by atoms with Crippen LogP contribution in [-0.2, 0) is 11.2 Å². The molecule has 1 aromatic rings. The first-order valence-electron chi connectivity index (χ1n) is 8.84. The largest absolute Gasteiger partial charge is 0.365 e. The molecule has 0 spiro atoms. The quantitative estimate of drug-likeness (QED) is 0.929. The summed E-state index contributed by atoms with van der Waals surface area (Å²) in [5.74, 6) is 1.11. The van der Waals surface area contributed by atoms with Gasteiger partial charge < -0.3 is 14.8 Å². The van der Waals surface area contributed by atoms with E-state index in [0.717, 1.165) is 37.2 Å². The van der Waals surface area contributed by atoms with Crippen molar-refractivity contribution in [1.82, 2.24) is 14.8 Å². The number of nitrogens with zero attached hydrogens (tertiary/aromatic N) is 2. The predicted octanol–water partition coefficient (Wildman–Crippen LogP) is 2.67. The summed E-state index contributed by atoms with van der Waals surface area (Å²) in [4.78, 5) is 20.2. The number of carbonyl (C=O) groups is 1. The number of hydrogen-bond acceptors (Lipinski definition) is 2. The van der Waals surface area contributed by atoms with Crippen LogP contribution < -0.4 is 0 Å². The number of aryl methyl sites for hydroxylation is 1. The van der Waals surface area contributed by atoms with Gasteiger partial charge in [-0.25, -0.2) is 0 Å². The van der Waals surface area contributed by atoms with Gasteiger partial charge in [0, 0.05) is 37.4 Å². The Morgan fingerprint density at radius 1 is 1.23 bits per heavy atom. The van der Waals surface area contributed by atoms with Gasteiger partial charge in [-0.3, -0.25) is 4.79 Å². The molecule has 0 radical (unpaired) electrons. The maximum atomic E-state index is 12.3. The molecule has 122 valence electrons.